The van der Waals surface area contributed by atoms with Crippen LogP contribution in [-0.2, 0) is 15.9 Å². The summed E-state index contributed by atoms with van der Waals surface area (Å²) in [7, 11) is 3.47. The second-order valence-electron chi connectivity index (χ2n) is 11.4. The molecule has 0 amide bonds. The lowest BCUT2D eigenvalue weighted by Gasteiger charge is -2.62. The number of benzene rings is 1. The maximum absolute atomic E-state index is 12.4. The minimum atomic E-state index is -0.774. The molecule has 1 aromatic carbocycles. The molecule has 5 unspecified atom stereocenters. The van der Waals surface area contributed by atoms with Gasteiger partial charge >= 0.3 is 0 Å². The molecule has 4 nitrogen and oxygen atoms in total. The molecule has 3 aliphatic carbocycles. The first-order valence-electron chi connectivity index (χ1n) is 12.1. The van der Waals surface area contributed by atoms with Crippen LogP contribution in [0.4, 0.5) is 0 Å². The molecule has 1 spiro atoms. The van der Waals surface area contributed by atoms with E-state index < -0.39 is 11.4 Å². The van der Waals surface area contributed by atoms with E-state index >= 15 is 0 Å². The van der Waals surface area contributed by atoms with Gasteiger partial charge in [0.15, 0.2) is 5.79 Å². The van der Waals surface area contributed by atoms with Crippen LogP contribution >= 0.6 is 30.1 Å². The Hall–Kier alpha value is -0.0200. The van der Waals surface area contributed by atoms with Crippen molar-refractivity contribution in [2.24, 2.45) is 22.7 Å². The number of rotatable bonds is 4. The SMILES string of the molecule is CCC12CC(O)(CSI)C3c4ccc(OC)cc4CCC3C1CCC21OCC(C)(C)CO1. The Kier molecular flexibility index (Phi) is 6.14. The molecule has 178 valence electrons. The lowest BCUT2D eigenvalue weighted by Crippen LogP contribution is -2.64. The number of hydrogen-bond acceptors (Lipinski definition) is 5. The molecule has 1 saturated heterocycles. The summed E-state index contributed by atoms with van der Waals surface area (Å²) in [4.78, 5) is 0. The molecule has 0 radical (unpaired) electrons. The van der Waals surface area contributed by atoms with Crippen LogP contribution in [0.5, 0.6) is 5.75 Å². The Labute approximate surface area is 209 Å². The van der Waals surface area contributed by atoms with Crippen molar-refractivity contribution in [1.82, 2.24) is 0 Å². The van der Waals surface area contributed by atoms with E-state index in [0.29, 0.717) is 11.8 Å². The van der Waals surface area contributed by atoms with Gasteiger partial charge in [0.1, 0.15) is 5.75 Å². The van der Waals surface area contributed by atoms with Crippen LogP contribution in [0.15, 0.2) is 18.2 Å². The minimum absolute atomic E-state index is 0.0483. The van der Waals surface area contributed by atoms with E-state index in [4.69, 9.17) is 14.2 Å². The van der Waals surface area contributed by atoms with Crippen molar-refractivity contribution in [3.63, 3.8) is 0 Å². The first-order valence-corrected chi connectivity index (χ1v) is 15.7. The van der Waals surface area contributed by atoms with Gasteiger partial charge in [-0.1, -0.05) is 35.8 Å². The summed E-state index contributed by atoms with van der Waals surface area (Å²) in [6.45, 7) is 8.20. The molecule has 1 heterocycles. The molecule has 32 heavy (non-hydrogen) atoms. The summed E-state index contributed by atoms with van der Waals surface area (Å²) >= 11 is 2.36. The molecule has 1 aliphatic heterocycles. The Morgan fingerprint density at radius 2 is 1.97 bits per heavy atom. The molecule has 5 atom stereocenters. The Morgan fingerprint density at radius 3 is 2.62 bits per heavy atom. The van der Waals surface area contributed by atoms with E-state index in [-0.39, 0.29) is 16.7 Å². The van der Waals surface area contributed by atoms with Gasteiger partial charge in [-0.3, -0.25) is 0 Å². The molecule has 6 heteroatoms. The van der Waals surface area contributed by atoms with Crippen LogP contribution in [0.3, 0.4) is 0 Å². The molecular formula is C26H37IO4S. The first kappa shape index (κ1) is 23.7. The quantitative estimate of drug-likeness (QED) is 0.440. The smallest absolute Gasteiger partial charge is 0.174 e. The second kappa shape index (κ2) is 8.28. The molecule has 1 aromatic rings. The highest BCUT2D eigenvalue weighted by molar-refractivity contribution is 14.2. The number of methoxy groups -OCH3 is 1. The molecule has 1 N–H and O–H groups in total. The van der Waals surface area contributed by atoms with Crippen molar-refractivity contribution in [3.8, 4) is 5.75 Å². The van der Waals surface area contributed by atoms with Crippen LogP contribution in [0.2, 0.25) is 0 Å². The van der Waals surface area contributed by atoms with Gasteiger partial charge in [0.2, 0.25) is 0 Å². The van der Waals surface area contributed by atoms with Gasteiger partial charge in [0, 0.05) is 28.9 Å². The first-order chi connectivity index (χ1) is 15.2. The Bertz CT molecular complexity index is 865. The fraction of sp³-hybridized carbons (Fsp3) is 0.769. The van der Waals surface area contributed by atoms with Crippen molar-refractivity contribution in [1.29, 1.82) is 0 Å². The summed E-state index contributed by atoms with van der Waals surface area (Å²) in [6, 6.07) is 6.50. The summed E-state index contributed by atoms with van der Waals surface area (Å²) in [6.07, 6.45) is 6.00. The average Bonchev–Trinajstić information content (AvgIpc) is 3.09. The van der Waals surface area contributed by atoms with Gasteiger partial charge in [-0.2, -0.15) is 0 Å². The second-order valence-corrected chi connectivity index (χ2v) is 13.8. The third-order valence-electron chi connectivity index (χ3n) is 9.16. The third kappa shape index (κ3) is 3.41. The van der Waals surface area contributed by atoms with Crippen molar-refractivity contribution in [2.45, 2.75) is 76.6 Å². The van der Waals surface area contributed by atoms with Crippen LogP contribution in [0.25, 0.3) is 0 Å². The van der Waals surface area contributed by atoms with Crippen molar-refractivity contribution in [2.75, 3.05) is 26.1 Å². The molecular weight excluding hydrogens is 535 g/mol. The van der Waals surface area contributed by atoms with E-state index in [9.17, 15) is 5.11 Å². The highest BCUT2D eigenvalue weighted by atomic mass is 127. The van der Waals surface area contributed by atoms with E-state index in [0.717, 1.165) is 63.2 Å². The van der Waals surface area contributed by atoms with Gasteiger partial charge in [0.25, 0.3) is 0 Å². The summed E-state index contributed by atoms with van der Waals surface area (Å²) in [5.74, 6) is 2.25. The monoisotopic (exact) mass is 572 g/mol. The fourth-order valence-electron chi connectivity index (χ4n) is 7.80. The summed E-state index contributed by atoms with van der Waals surface area (Å²) < 4.78 is 18.9. The van der Waals surface area contributed by atoms with Gasteiger partial charge in [-0.05, 0) is 88.4 Å². The van der Waals surface area contributed by atoms with Crippen molar-refractivity contribution in [3.05, 3.63) is 29.3 Å². The van der Waals surface area contributed by atoms with Crippen LogP contribution in [0, 0.1) is 22.7 Å². The largest absolute Gasteiger partial charge is 0.497 e. The van der Waals surface area contributed by atoms with Crippen LogP contribution in [-0.4, -0.2) is 42.6 Å². The minimum Gasteiger partial charge on any atom is -0.497 e. The molecule has 5 rings (SSSR count). The van der Waals surface area contributed by atoms with E-state index in [1.54, 1.807) is 16.0 Å². The molecule has 0 bridgehead atoms. The van der Waals surface area contributed by atoms with E-state index in [1.807, 2.05) is 0 Å². The van der Waals surface area contributed by atoms with Gasteiger partial charge in [-0.25, -0.2) is 0 Å². The number of hydrogen-bond donors (Lipinski definition) is 1. The highest BCUT2D eigenvalue weighted by Gasteiger charge is 2.71. The van der Waals surface area contributed by atoms with E-state index in [2.05, 4.69) is 60.2 Å². The average molecular weight is 573 g/mol. The maximum atomic E-state index is 12.4. The maximum Gasteiger partial charge on any atom is 0.174 e. The zero-order chi connectivity index (χ0) is 22.8. The summed E-state index contributed by atoms with van der Waals surface area (Å²) in [5, 5.41) is 12.4. The zero-order valence-corrected chi connectivity index (χ0v) is 22.8. The standard InChI is InChI=1S/C26H37IO4S/c1-5-24-13-25(28,16-32-27)22-19-9-7-18(29-4)12-17(19)6-8-20(22)21(24)10-11-26(24)30-14-23(2,3)15-31-26/h7,9,12,20-22,28H,5-6,8,10-11,13-16H2,1-4H3. The molecule has 2 saturated carbocycles. The Morgan fingerprint density at radius 1 is 1.22 bits per heavy atom. The zero-order valence-electron chi connectivity index (χ0n) is 19.8. The number of aliphatic hydroxyl groups is 1. The van der Waals surface area contributed by atoms with Crippen LogP contribution < -0.4 is 4.74 Å². The molecule has 4 aliphatic rings. The topological polar surface area (TPSA) is 47.9 Å². The number of aryl methyl sites for hydroxylation is 1. The predicted octanol–water partition coefficient (Wildman–Crippen LogP) is 6.13. The number of fused-ring (bicyclic) bond motifs is 6. The van der Waals surface area contributed by atoms with Gasteiger partial charge in [0.05, 0.1) is 25.9 Å². The Balaban J connectivity index is 1.59. The number of halogens is 1. The van der Waals surface area contributed by atoms with Crippen molar-refractivity contribution >= 4 is 30.1 Å². The molecule has 3 fully saturated rings. The fourth-order valence-corrected chi connectivity index (χ4v) is 9.89. The predicted molar refractivity (Wildman–Crippen MR) is 137 cm³/mol. The van der Waals surface area contributed by atoms with E-state index in [1.165, 1.54) is 11.1 Å². The normalized spacial score (nSPS) is 39.2. The molecule has 0 aromatic heterocycles. The third-order valence-corrected chi connectivity index (χ3v) is 10.7. The number of ether oxygens (including phenoxy) is 3. The lowest BCUT2D eigenvalue weighted by atomic mass is 9.48. The van der Waals surface area contributed by atoms with Gasteiger partial charge < -0.3 is 19.3 Å². The lowest BCUT2D eigenvalue weighted by molar-refractivity contribution is -0.357. The summed E-state index contributed by atoms with van der Waals surface area (Å²) in [5.41, 5.74) is 1.84. The van der Waals surface area contributed by atoms with Crippen molar-refractivity contribution < 1.29 is 19.3 Å². The van der Waals surface area contributed by atoms with Gasteiger partial charge in [-0.15, -0.1) is 0 Å². The highest BCUT2D eigenvalue weighted by Crippen LogP contribution is 2.70. The van der Waals surface area contributed by atoms with Crippen LogP contribution in [0.1, 0.15) is 69.9 Å².